The zero-order valence-electron chi connectivity index (χ0n) is 17.0. The van der Waals surface area contributed by atoms with Crippen LogP contribution in [0.4, 0.5) is 8.78 Å². The number of carbonyl (C=O) groups is 2. The first kappa shape index (κ1) is 23.6. The number of alkyl halides is 2. The van der Waals surface area contributed by atoms with E-state index in [2.05, 4.69) is 15.4 Å². The van der Waals surface area contributed by atoms with Crippen molar-refractivity contribution < 1.29 is 32.7 Å². The molecule has 0 heterocycles. The second-order valence-electron chi connectivity index (χ2n) is 7.40. The molecule has 0 spiro atoms. The summed E-state index contributed by atoms with van der Waals surface area (Å²) in [6.07, 6.45) is 0. The molecule has 0 aliphatic heterocycles. The average Bonchev–Trinajstić information content (AvgIpc) is 2.58. The van der Waals surface area contributed by atoms with Gasteiger partial charge in [0.2, 0.25) is 0 Å². The van der Waals surface area contributed by atoms with Crippen molar-refractivity contribution in [3.8, 4) is 11.5 Å². The van der Waals surface area contributed by atoms with E-state index in [1.807, 2.05) is 27.7 Å². The first-order valence-electron chi connectivity index (χ1n) is 9.07. The van der Waals surface area contributed by atoms with Crippen molar-refractivity contribution in [2.24, 2.45) is 0 Å². The van der Waals surface area contributed by atoms with Crippen LogP contribution in [0.3, 0.4) is 0 Å². The van der Waals surface area contributed by atoms with Crippen LogP contribution in [0.25, 0.3) is 0 Å². The quantitative estimate of drug-likeness (QED) is 0.539. The molecule has 28 heavy (non-hydrogen) atoms. The fraction of sp³-hybridized carbons (Fsp3) is 0.579. The van der Waals surface area contributed by atoms with Crippen LogP contribution < -0.4 is 25.0 Å². The topological polar surface area (TPSA) is 81.1 Å². The molecular formula is C19H30F2N3O4+. The van der Waals surface area contributed by atoms with Crippen molar-refractivity contribution in [1.29, 1.82) is 0 Å². The van der Waals surface area contributed by atoms with Gasteiger partial charge in [0.1, 0.15) is 0 Å². The standard InChI is InChI=1S/C19H29F2N3O4/c1-6-24(12-17(26)23-19(2,3)4)11-16(25)22-10-13-7-8-14(28-18(20)21)15(9-13)27-5/h7-9,18H,6,10-12H2,1-5H3,(H,22,25)(H,23,26)/p+1. The molecule has 0 radical (unpaired) electrons. The largest absolute Gasteiger partial charge is 0.493 e. The summed E-state index contributed by atoms with van der Waals surface area (Å²) >= 11 is 0. The van der Waals surface area contributed by atoms with Gasteiger partial charge >= 0.3 is 6.61 Å². The molecule has 3 N–H and O–H groups in total. The molecule has 158 valence electrons. The lowest BCUT2D eigenvalue weighted by molar-refractivity contribution is -0.881. The van der Waals surface area contributed by atoms with Gasteiger partial charge in [0.05, 0.1) is 13.7 Å². The normalized spacial score (nSPS) is 12.4. The lowest BCUT2D eigenvalue weighted by Crippen LogP contribution is -3.14. The Balaban J connectivity index is 2.57. The number of carbonyl (C=O) groups excluding carboxylic acids is 2. The van der Waals surface area contributed by atoms with Gasteiger partial charge in [-0.15, -0.1) is 0 Å². The maximum Gasteiger partial charge on any atom is 0.387 e. The van der Waals surface area contributed by atoms with Crippen molar-refractivity contribution in [2.45, 2.75) is 46.4 Å². The minimum absolute atomic E-state index is 0.0703. The maximum absolute atomic E-state index is 12.4. The Kier molecular flexibility index (Phi) is 9.11. The van der Waals surface area contributed by atoms with Crippen LogP contribution in [-0.2, 0) is 16.1 Å². The monoisotopic (exact) mass is 402 g/mol. The molecule has 1 unspecified atom stereocenters. The third kappa shape index (κ3) is 8.98. The lowest BCUT2D eigenvalue weighted by atomic mass is 10.1. The van der Waals surface area contributed by atoms with Gasteiger partial charge in [-0.3, -0.25) is 9.59 Å². The van der Waals surface area contributed by atoms with Crippen LogP contribution in [0.5, 0.6) is 11.5 Å². The van der Waals surface area contributed by atoms with E-state index in [9.17, 15) is 18.4 Å². The van der Waals surface area contributed by atoms with Gasteiger partial charge in [-0.1, -0.05) is 6.07 Å². The van der Waals surface area contributed by atoms with Crippen LogP contribution in [0.1, 0.15) is 33.3 Å². The summed E-state index contributed by atoms with van der Waals surface area (Å²) in [7, 11) is 1.35. The number of halogens is 2. The molecule has 0 aliphatic rings. The molecule has 1 aromatic rings. The number of benzene rings is 1. The number of amides is 2. The van der Waals surface area contributed by atoms with E-state index in [4.69, 9.17) is 4.74 Å². The average molecular weight is 402 g/mol. The highest BCUT2D eigenvalue weighted by Gasteiger charge is 2.20. The number of quaternary nitrogens is 1. The Bertz CT molecular complexity index is 663. The summed E-state index contributed by atoms with van der Waals surface area (Å²) in [6, 6.07) is 4.47. The van der Waals surface area contributed by atoms with Gasteiger partial charge in [-0.05, 0) is 45.4 Å². The molecule has 1 rings (SSSR count). The number of ether oxygens (including phenoxy) is 2. The zero-order chi connectivity index (χ0) is 21.3. The van der Waals surface area contributed by atoms with Crippen molar-refractivity contribution in [3.63, 3.8) is 0 Å². The molecule has 0 fully saturated rings. The van der Waals surface area contributed by atoms with Gasteiger partial charge in [0.15, 0.2) is 24.6 Å². The molecule has 0 saturated carbocycles. The highest BCUT2D eigenvalue weighted by molar-refractivity contribution is 5.79. The van der Waals surface area contributed by atoms with Crippen molar-refractivity contribution in [2.75, 3.05) is 26.7 Å². The third-order valence-corrected chi connectivity index (χ3v) is 3.77. The predicted molar refractivity (Wildman–Crippen MR) is 101 cm³/mol. The smallest absolute Gasteiger partial charge is 0.387 e. The molecule has 0 bridgehead atoms. The van der Waals surface area contributed by atoms with Crippen molar-refractivity contribution in [1.82, 2.24) is 10.6 Å². The minimum atomic E-state index is -2.95. The van der Waals surface area contributed by atoms with Crippen LogP contribution in [-0.4, -0.2) is 50.7 Å². The summed E-state index contributed by atoms with van der Waals surface area (Å²) in [4.78, 5) is 25.1. The first-order valence-corrected chi connectivity index (χ1v) is 9.07. The van der Waals surface area contributed by atoms with E-state index in [0.29, 0.717) is 12.1 Å². The van der Waals surface area contributed by atoms with Gasteiger partial charge < -0.3 is 25.0 Å². The van der Waals surface area contributed by atoms with Gasteiger partial charge in [-0.2, -0.15) is 8.78 Å². The third-order valence-electron chi connectivity index (χ3n) is 3.77. The molecule has 2 amide bonds. The van der Waals surface area contributed by atoms with Crippen molar-refractivity contribution in [3.05, 3.63) is 23.8 Å². The van der Waals surface area contributed by atoms with E-state index in [0.717, 1.165) is 4.90 Å². The number of rotatable bonds is 10. The second-order valence-corrected chi connectivity index (χ2v) is 7.40. The summed E-state index contributed by atoms with van der Waals surface area (Å²) in [6.45, 7) is 5.83. The Morgan fingerprint density at radius 2 is 1.79 bits per heavy atom. The van der Waals surface area contributed by atoms with Gasteiger partial charge in [0, 0.05) is 12.1 Å². The number of methoxy groups -OCH3 is 1. The van der Waals surface area contributed by atoms with Crippen molar-refractivity contribution >= 4 is 11.8 Å². The molecule has 9 heteroatoms. The first-order chi connectivity index (χ1) is 13.0. The van der Waals surface area contributed by atoms with E-state index in [-0.39, 0.29) is 48.5 Å². The number of nitrogens with one attached hydrogen (secondary N) is 3. The summed E-state index contributed by atoms with van der Waals surface area (Å²) in [5.41, 5.74) is 0.354. The van der Waals surface area contributed by atoms with Gasteiger partial charge in [0.25, 0.3) is 11.8 Å². The Hall–Kier alpha value is -2.42. The van der Waals surface area contributed by atoms with E-state index in [1.165, 1.54) is 19.2 Å². The molecule has 0 saturated heterocycles. The van der Waals surface area contributed by atoms with Crippen LogP contribution >= 0.6 is 0 Å². The van der Waals surface area contributed by atoms with E-state index < -0.39 is 6.61 Å². The molecule has 0 aromatic heterocycles. The summed E-state index contributed by atoms with van der Waals surface area (Å²) in [5.74, 6) is -0.241. The fourth-order valence-corrected chi connectivity index (χ4v) is 2.51. The SMILES string of the molecule is CC[NH+](CC(=O)NCc1ccc(OC(F)F)c(OC)c1)CC(=O)NC(C)(C)C. The Labute approximate surface area is 164 Å². The predicted octanol–water partition coefficient (Wildman–Crippen LogP) is 0.732. The Morgan fingerprint density at radius 1 is 1.14 bits per heavy atom. The highest BCUT2D eigenvalue weighted by Crippen LogP contribution is 2.29. The molecule has 1 atom stereocenters. The second kappa shape index (κ2) is 10.8. The Morgan fingerprint density at radius 3 is 2.32 bits per heavy atom. The highest BCUT2D eigenvalue weighted by atomic mass is 19.3. The number of likely N-dealkylation sites (N-methyl/N-ethyl adjacent to an activating group) is 1. The summed E-state index contributed by atoms with van der Waals surface area (Å²) < 4.78 is 34.1. The van der Waals surface area contributed by atoms with Crippen LogP contribution in [0.15, 0.2) is 18.2 Å². The zero-order valence-corrected chi connectivity index (χ0v) is 17.0. The number of hydrogen-bond donors (Lipinski definition) is 3. The molecule has 7 nitrogen and oxygen atoms in total. The molecule has 0 aliphatic carbocycles. The fourth-order valence-electron chi connectivity index (χ4n) is 2.51. The minimum Gasteiger partial charge on any atom is -0.493 e. The summed E-state index contributed by atoms with van der Waals surface area (Å²) in [5, 5.41) is 5.64. The lowest BCUT2D eigenvalue weighted by Gasteiger charge is -2.23. The molecule has 1 aromatic carbocycles. The van der Waals surface area contributed by atoms with Crippen LogP contribution in [0.2, 0.25) is 0 Å². The maximum atomic E-state index is 12.4. The number of hydrogen-bond acceptors (Lipinski definition) is 4. The van der Waals surface area contributed by atoms with E-state index in [1.54, 1.807) is 6.07 Å². The molecular weight excluding hydrogens is 372 g/mol. The van der Waals surface area contributed by atoms with Gasteiger partial charge in [-0.25, -0.2) is 0 Å². The van der Waals surface area contributed by atoms with Crippen LogP contribution in [0, 0.1) is 0 Å². The van der Waals surface area contributed by atoms with E-state index >= 15 is 0 Å².